The predicted molar refractivity (Wildman–Crippen MR) is 120 cm³/mol. The molecule has 1 unspecified atom stereocenters. The number of hydrogen-bond donors (Lipinski definition) is 0. The molecule has 0 amide bonds. The molecule has 0 bridgehead atoms. The normalized spacial score (nSPS) is 18.8. The van der Waals surface area contributed by atoms with Crippen molar-refractivity contribution in [3.63, 3.8) is 0 Å². The molecule has 0 aliphatic carbocycles. The summed E-state index contributed by atoms with van der Waals surface area (Å²) in [5, 5.41) is 1.52. The second-order valence-electron chi connectivity index (χ2n) is 9.28. The van der Waals surface area contributed by atoms with Gasteiger partial charge in [0.2, 0.25) is 0 Å². The quantitative estimate of drug-likeness (QED) is 0.532. The van der Waals surface area contributed by atoms with Crippen LogP contribution in [0.5, 0.6) is 0 Å². The summed E-state index contributed by atoms with van der Waals surface area (Å²) in [6.45, 7) is 17.0. The highest BCUT2D eigenvalue weighted by atomic mass is 17.0. The third-order valence-electron chi connectivity index (χ3n) is 6.49. The van der Waals surface area contributed by atoms with Gasteiger partial charge in [0.1, 0.15) is 16.9 Å². The second-order valence-corrected chi connectivity index (χ2v) is 9.28. The van der Waals surface area contributed by atoms with Crippen LogP contribution in [0.4, 0.5) is 5.69 Å². The van der Waals surface area contributed by atoms with Gasteiger partial charge in [-0.15, -0.1) is 5.23 Å². The number of benzene rings is 1. The highest BCUT2D eigenvalue weighted by Gasteiger charge is 2.50. The molecule has 0 spiro atoms. The highest BCUT2D eigenvalue weighted by Crippen LogP contribution is 2.41. The first-order valence-corrected chi connectivity index (χ1v) is 10.9. The van der Waals surface area contributed by atoms with Gasteiger partial charge in [0.05, 0.1) is 11.9 Å². The average molecular weight is 397 g/mol. The molecule has 0 saturated carbocycles. The third-order valence-corrected chi connectivity index (χ3v) is 6.49. The molecule has 0 radical (unpaired) electrons. The van der Waals surface area contributed by atoms with E-state index in [1.807, 2.05) is 33.9 Å². The molecule has 3 rings (SSSR count). The Kier molecular flexibility index (Phi) is 6.07. The average Bonchev–Trinajstić information content (AvgIpc) is 2.87. The van der Waals surface area contributed by atoms with E-state index in [1.165, 1.54) is 35.6 Å². The van der Waals surface area contributed by atoms with Gasteiger partial charge in [0, 0.05) is 5.56 Å². The van der Waals surface area contributed by atoms with E-state index in [4.69, 9.17) is 14.7 Å². The summed E-state index contributed by atoms with van der Waals surface area (Å²) in [5.74, 6) is 0.641. The molecule has 1 aromatic carbocycles. The minimum absolute atomic E-state index is 0.417. The Labute approximate surface area is 176 Å². The molecular weight excluding hydrogens is 360 g/mol. The minimum atomic E-state index is -0.417. The Balaban J connectivity index is 1.87. The van der Waals surface area contributed by atoms with E-state index in [1.54, 1.807) is 0 Å². The Hall–Kier alpha value is -1.91. The van der Waals surface area contributed by atoms with Crippen LogP contribution >= 0.6 is 0 Å². The van der Waals surface area contributed by atoms with E-state index in [-0.39, 0.29) is 0 Å². The van der Waals surface area contributed by atoms with Crippen LogP contribution in [-0.4, -0.2) is 16.2 Å². The number of aromatic nitrogens is 1. The zero-order chi connectivity index (χ0) is 21.4. The van der Waals surface area contributed by atoms with Crippen molar-refractivity contribution in [1.29, 1.82) is 0 Å². The first-order valence-electron chi connectivity index (χ1n) is 10.9. The van der Waals surface area contributed by atoms with Crippen molar-refractivity contribution in [1.82, 2.24) is 4.98 Å². The summed E-state index contributed by atoms with van der Waals surface area (Å²) in [4.78, 5) is 16.8. The smallest absolute Gasteiger partial charge is 0.124 e. The zero-order valence-corrected chi connectivity index (χ0v) is 19.3. The number of aryl methyl sites for hydroxylation is 2. The fraction of sp³-hybridized carbons (Fsp3) is 0.560. The van der Waals surface area contributed by atoms with Gasteiger partial charge in [-0.1, -0.05) is 32.4 Å². The minimum Gasteiger partial charge on any atom is -0.254 e. The van der Waals surface area contributed by atoms with Gasteiger partial charge in [-0.05, 0) is 89.1 Å². The molecule has 1 aliphatic rings. The van der Waals surface area contributed by atoms with Gasteiger partial charge in [-0.2, -0.15) is 0 Å². The Morgan fingerprint density at radius 2 is 1.62 bits per heavy atom. The van der Waals surface area contributed by atoms with Crippen molar-refractivity contribution in [3.8, 4) is 11.3 Å². The molecule has 1 saturated heterocycles. The van der Waals surface area contributed by atoms with Crippen LogP contribution in [0.1, 0.15) is 83.4 Å². The fourth-order valence-corrected chi connectivity index (χ4v) is 3.87. The maximum Gasteiger partial charge on any atom is 0.124 e. The Morgan fingerprint density at radius 1 is 0.966 bits per heavy atom. The molecule has 2 heterocycles. The maximum atomic E-state index is 6.04. The highest BCUT2D eigenvalue weighted by molar-refractivity contribution is 5.65. The van der Waals surface area contributed by atoms with Crippen LogP contribution in [0.2, 0.25) is 0 Å². The van der Waals surface area contributed by atoms with Gasteiger partial charge in [0.15, 0.2) is 0 Å². The molecule has 158 valence electrons. The molecule has 29 heavy (non-hydrogen) atoms. The van der Waals surface area contributed by atoms with Crippen LogP contribution < -0.4 is 5.23 Å². The lowest BCUT2D eigenvalue weighted by atomic mass is 9.88. The number of hydrogen-bond acceptors (Lipinski definition) is 4. The van der Waals surface area contributed by atoms with Crippen LogP contribution in [-0.2, 0) is 9.68 Å². The molecule has 1 aromatic heterocycles. The van der Waals surface area contributed by atoms with E-state index in [0.717, 1.165) is 22.5 Å². The molecule has 4 heteroatoms. The van der Waals surface area contributed by atoms with Gasteiger partial charge >= 0.3 is 0 Å². The fourth-order valence-electron chi connectivity index (χ4n) is 3.87. The van der Waals surface area contributed by atoms with E-state index >= 15 is 0 Å². The van der Waals surface area contributed by atoms with Crippen molar-refractivity contribution in [2.24, 2.45) is 0 Å². The van der Waals surface area contributed by atoms with Crippen molar-refractivity contribution < 1.29 is 9.68 Å². The van der Waals surface area contributed by atoms with Gasteiger partial charge in [-0.3, -0.25) is 4.98 Å². The van der Waals surface area contributed by atoms with Gasteiger partial charge < -0.3 is 0 Å². The summed E-state index contributed by atoms with van der Waals surface area (Å²) in [5.41, 5.74) is 6.02. The molecule has 1 fully saturated rings. The lowest BCUT2D eigenvalue weighted by Crippen LogP contribution is -2.41. The largest absolute Gasteiger partial charge is 0.254 e. The summed E-state index contributed by atoms with van der Waals surface area (Å²) in [6, 6.07) is 8.87. The number of pyridine rings is 1. The molecule has 0 N–H and O–H groups in total. The monoisotopic (exact) mass is 396 g/mol. The summed E-state index contributed by atoms with van der Waals surface area (Å²) in [6.07, 6.45) is 5.49. The van der Waals surface area contributed by atoms with Crippen molar-refractivity contribution in [2.45, 2.75) is 91.8 Å². The molecule has 2 aromatic rings. The summed E-state index contributed by atoms with van der Waals surface area (Å²) < 4.78 is 0. The molecule has 1 atom stereocenters. The van der Waals surface area contributed by atoms with Crippen molar-refractivity contribution in [2.75, 3.05) is 5.23 Å². The summed E-state index contributed by atoms with van der Waals surface area (Å²) in [7, 11) is 0. The lowest BCUT2D eigenvalue weighted by molar-refractivity contribution is -0.0276. The zero-order valence-electron chi connectivity index (χ0n) is 19.3. The van der Waals surface area contributed by atoms with E-state index in [0.29, 0.717) is 5.92 Å². The number of nitrogens with zero attached hydrogens (tertiary/aromatic N) is 2. The van der Waals surface area contributed by atoms with Crippen LogP contribution in [0.25, 0.3) is 11.3 Å². The maximum absolute atomic E-state index is 6.04. The molecule has 4 nitrogen and oxygen atoms in total. The first-order chi connectivity index (χ1) is 13.6. The van der Waals surface area contributed by atoms with E-state index in [2.05, 4.69) is 52.0 Å². The topological polar surface area (TPSA) is 34.6 Å². The van der Waals surface area contributed by atoms with Crippen molar-refractivity contribution in [3.05, 3.63) is 47.2 Å². The van der Waals surface area contributed by atoms with Crippen molar-refractivity contribution >= 4 is 5.69 Å². The molecular formula is C25H36N2O2. The Morgan fingerprint density at radius 3 is 2.14 bits per heavy atom. The standard InChI is InChI=1S/C25H36N2O2/c1-9-11-19(10-2)21-13-12-20(14-17(21)3)22-15-18(4)23(16-26-22)27-28-24(5,6)25(7,8)29-27/h12-16,19H,9-11H2,1-8H3. The second kappa shape index (κ2) is 8.08. The van der Waals surface area contributed by atoms with Crippen LogP contribution in [0.15, 0.2) is 30.5 Å². The van der Waals surface area contributed by atoms with Crippen LogP contribution in [0, 0.1) is 13.8 Å². The van der Waals surface area contributed by atoms with Crippen LogP contribution in [0.3, 0.4) is 0 Å². The lowest BCUT2D eigenvalue weighted by Gasteiger charge is -2.26. The van der Waals surface area contributed by atoms with Gasteiger partial charge in [-0.25, -0.2) is 9.68 Å². The number of anilines is 1. The molecule has 1 aliphatic heterocycles. The Bertz CT molecular complexity index is 857. The third kappa shape index (κ3) is 4.19. The predicted octanol–water partition coefficient (Wildman–Crippen LogP) is 6.90. The SMILES string of the molecule is CCCC(CC)c1ccc(-c2cc(C)c(N3OC(C)(C)C(C)(C)O3)cn2)cc1C. The number of rotatable bonds is 6. The summed E-state index contributed by atoms with van der Waals surface area (Å²) >= 11 is 0. The van der Waals surface area contributed by atoms with Gasteiger partial charge in [0.25, 0.3) is 0 Å². The van der Waals surface area contributed by atoms with E-state index < -0.39 is 11.2 Å². The van der Waals surface area contributed by atoms with E-state index in [9.17, 15) is 0 Å². The first kappa shape index (κ1) is 21.8.